The van der Waals surface area contributed by atoms with Crippen molar-refractivity contribution in [1.29, 1.82) is 0 Å². The minimum absolute atomic E-state index is 0.230. The number of halogens is 1. The van der Waals surface area contributed by atoms with E-state index in [1.54, 1.807) is 37.3 Å². The van der Waals surface area contributed by atoms with Crippen LogP contribution in [0.2, 0.25) is 0 Å². The summed E-state index contributed by atoms with van der Waals surface area (Å²) < 4.78 is 33.5. The summed E-state index contributed by atoms with van der Waals surface area (Å²) >= 11 is 4.43. The number of nitrogens with one attached hydrogen (secondary N) is 1. The average molecular weight is 470 g/mol. The number of anilines is 1. The highest BCUT2D eigenvalue weighted by Gasteiger charge is 2.40. The van der Waals surface area contributed by atoms with Crippen LogP contribution in [-0.4, -0.2) is 36.2 Å². The van der Waals surface area contributed by atoms with Gasteiger partial charge in [0.1, 0.15) is 15.8 Å². The Bertz CT molecular complexity index is 1120. The summed E-state index contributed by atoms with van der Waals surface area (Å²) in [5, 5.41) is 2.81. The van der Waals surface area contributed by atoms with Gasteiger partial charge in [0.05, 0.1) is 3.79 Å². The fourth-order valence-corrected chi connectivity index (χ4v) is 6.98. The molecule has 0 spiro atoms. The molecule has 1 N–H and O–H groups in total. The lowest BCUT2D eigenvalue weighted by Gasteiger charge is -2.22. The van der Waals surface area contributed by atoms with E-state index in [4.69, 9.17) is 4.42 Å². The van der Waals surface area contributed by atoms with Gasteiger partial charge in [-0.3, -0.25) is 4.79 Å². The molecule has 1 amide bonds. The maximum Gasteiger partial charge on any atom is 0.253 e. The van der Waals surface area contributed by atoms with Gasteiger partial charge in [0.25, 0.3) is 10.0 Å². The summed E-state index contributed by atoms with van der Waals surface area (Å²) in [6.45, 7) is 2.08. The first kappa shape index (κ1) is 18.6. The third-order valence-electron chi connectivity index (χ3n) is 4.38. The summed E-state index contributed by atoms with van der Waals surface area (Å²) in [4.78, 5) is 17.0. The lowest BCUT2D eigenvalue weighted by Crippen LogP contribution is -2.42. The number of aryl methyl sites for hydroxylation is 1. The number of hydrogen-bond acceptors (Lipinski definition) is 6. The molecule has 1 atom stereocenters. The van der Waals surface area contributed by atoms with Gasteiger partial charge in [-0.25, -0.2) is 13.4 Å². The highest BCUT2D eigenvalue weighted by Crippen LogP contribution is 2.33. The number of hydrogen-bond donors (Lipinski definition) is 1. The molecule has 1 aliphatic heterocycles. The molecule has 1 aromatic carbocycles. The topological polar surface area (TPSA) is 92.5 Å². The second-order valence-corrected chi connectivity index (χ2v) is 10.8. The van der Waals surface area contributed by atoms with Crippen molar-refractivity contribution in [3.8, 4) is 0 Å². The van der Waals surface area contributed by atoms with E-state index in [0.717, 1.165) is 15.1 Å². The zero-order valence-electron chi connectivity index (χ0n) is 14.3. The van der Waals surface area contributed by atoms with Gasteiger partial charge < -0.3 is 9.73 Å². The van der Waals surface area contributed by atoms with E-state index in [1.165, 1.54) is 4.31 Å². The minimum atomic E-state index is -3.70. The summed E-state index contributed by atoms with van der Waals surface area (Å²) in [6.07, 6.45) is 1.13. The van der Waals surface area contributed by atoms with Crippen LogP contribution in [0.25, 0.3) is 11.1 Å². The molecule has 0 saturated carbocycles. The van der Waals surface area contributed by atoms with E-state index < -0.39 is 16.1 Å². The highest BCUT2D eigenvalue weighted by molar-refractivity contribution is 9.11. The Morgan fingerprint density at radius 2 is 2.19 bits per heavy atom. The van der Waals surface area contributed by atoms with Crippen LogP contribution < -0.4 is 5.32 Å². The van der Waals surface area contributed by atoms with Gasteiger partial charge >= 0.3 is 0 Å². The van der Waals surface area contributed by atoms with Crippen LogP contribution in [0.1, 0.15) is 18.7 Å². The first-order valence-corrected chi connectivity index (χ1v) is 11.3. The van der Waals surface area contributed by atoms with Gasteiger partial charge in [-0.1, -0.05) is 0 Å². The summed E-state index contributed by atoms with van der Waals surface area (Å²) in [6, 6.07) is 7.68. The van der Waals surface area contributed by atoms with Crippen molar-refractivity contribution < 1.29 is 17.6 Å². The third-order valence-corrected chi connectivity index (χ3v) is 8.38. The molecule has 27 heavy (non-hydrogen) atoms. The predicted octanol–water partition coefficient (Wildman–Crippen LogP) is 3.75. The Morgan fingerprint density at radius 3 is 2.93 bits per heavy atom. The first-order chi connectivity index (χ1) is 12.8. The predicted molar refractivity (Wildman–Crippen MR) is 106 cm³/mol. The van der Waals surface area contributed by atoms with Crippen LogP contribution in [0.15, 0.2) is 42.7 Å². The Hall–Kier alpha value is -1.75. The number of rotatable bonds is 4. The van der Waals surface area contributed by atoms with Gasteiger partial charge in [0, 0.05) is 19.2 Å². The molecule has 0 aliphatic carbocycles. The van der Waals surface area contributed by atoms with Crippen LogP contribution in [0.4, 0.5) is 5.69 Å². The van der Waals surface area contributed by atoms with Crippen LogP contribution in [0, 0.1) is 6.92 Å². The van der Waals surface area contributed by atoms with Crippen LogP contribution in [0.5, 0.6) is 0 Å². The van der Waals surface area contributed by atoms with Crippen LogP contribution >= 0.6 is 27.3 Å². The van der Waals surface area contributed by atoms with Gasteiger partial charge in [0.15, 0.2) is 11.5 Å². The molecule has 0 radical (unpaired) electrons. The second-order valence-electron chi connectivity index (χ2n) is 6.24. The molecule has 10 heteroatoms. The molecular formula is C17H16BrN3O4S2. The lowest BCUT2D eigenvalue weighted by atomic mass is 10.2. The zero-order valence-corrected chi connectivity index (χ0v) is 17.5. The molecule has 3 heterocycles. The Balaban J connectivity index is 1.56. The standard InChI is InChI=1S/C17H16BrN3O4S2/c1-10-19-12-9-11(4-5-14(12)25-10)20-17(22)13-3-2-8-21(13)27(23,24)16-7-6-15(18)26-16/h4-7,9,13H,2-3,8H2,1H3,(H,20,22). The number of carbonyl (C=O) groups is 1. The molecule has 142 valence electrons. The normalized spacial score (nSPS) is 18.2. The van der Waals surface area contributed by atoms with Crippen LogP contribution in [0.3, 0.4) is 0 Å². The largest absolute Gasteiger partial charge is 0.441 e. The number of carbonyl (C=O) groups excluding carboxylic acids is 1. The van der Waals surface area contributed by atoms with E-state index in [1.807, 2.05) is 0 Å². The molecule has 7 nitrogen and oxygen atoms in total. The number of nitrogens with zero attached hydrogens (tertiary/aromatic N) is 2. The molecule has 3 aromatic rings. The number of fused-ring (bicyclic) bond motifs is 1. The van der Waals surface area contributed by atoms with E-state index in [0.29, 0.717) is 42.1 Å². The highest BCUT2D eigenvalue weighted by atomic mass is 79.9. The summed E-state index contributed by atoms with van der Waals surface area (Å²) in [7, 11) is -3.70. The SMILES string of the molecule is Cc1nc2cc(NC(=O)C3CCCN3S(=O)(=O)c3ccc(Br)s3)ccc2o1. The molecule has 1 unspecified atom stereocenters. The van der Waals surface area contributed by atoms with Crippen molar-refractivity contribution >= 4 is 60.0 Å². The maximum absolute atomic E-state index is 12.9. The van der Waals surface area contributed by atoms with Crippen molar-refractivity contribution in [2.75, 3.05) is 11.9 Å². The number of benzene rings is 1. The number of aromatic nitrogens is 1. The fraction of sp³-hybridized carbons (Fsp3) is 0.294. The fourth-order valence-electron chi connectivity index (χ4n) is 3.19. The molecule has 1 aliphatic rings. The van der Waals surface area contributed by atoms with Crippen molar-refractivity contribution in [2.24, 2.45) is 0 Å². The number of thiophene rings is 1. The first-order valence-electron chi connectivity index (χ1n) is 8.30. The van der Waals surface area contributed by atoms with Crippen molar-refractivity contribution in [3.05, 3.63) is 40.0 Å². The van der Waals surface area contributed by atoms with E-state index >= 15 is 0 Å². The molecule has 0 bridgehead atoms. The number of sulfonamides is 1. The summed E-state index contributed by atoms with van der Waals surface area (Å²) in [5.41, 5.74) is 1.84. The molecule has 1 fully saturated rings. The Kier molecular flexibility index (Phi) is 4.83. The number of oxazole rings is 1. The Labute approximate surface area is 168 Å². The monoisotopic (exact) mass is 469 g/mol. The average Bonchev–Trinajstić information content (AvgIpc) is 3.32. The quantitative estimate of drug-likeness (QED) is 0.627. The third kappa shape index (κ3) is 3.54. The van der Waals surface area contributed by atoms with Crippen molar-refractivity contribution in [2.45, 2.75) is 30.0 Å². The van der Waals surface area contributed by atoms with Crippen molar-refractivity contribution in [1.82, 2.24) is 9.29 Å². The van der Waals surface area contributed by atoms with Crippen LogP contribution in [-0.2, 0) is 14.8 Å². The zero-order chi connectivity index (χ0) is 19.2. The van der Waals surface area contributed by atoms with E-state index in [9.17, 15) is 13.2 Å². The van der Waals surface area contributed by atoms with Gasteiger partial charge in [0.2, 0.25) is 5.91 Å². The minimum Gasteiger partial charge on any atom is -0.441 e. The van der Waals surface area contributed by atoms with Gasteiger partial charge in [-0.2, -0.15) is 4.31 Å². The second kappa shape index (κ2) is 7.01. The molecule has 1 saturated heterocycles. The summed E-state index contributed by atoms with van der Waals surface area (Å²) in [5.74, 6) is 0.204. The molecule has 4 rings (SSSR count). The van der Waals surface area contributed by atoms with E-state index in [2.05, 4.69) is 26.2 Å². The lowest BCUT2D eigenvalue weighted by molar-refractivity contribution is -0.119. The number of amides is 1. The van der Waals surface area contributed by atoms with Gasteiger partial charge in [-0.05, 0) is 59.1 Å². The smallest absolute Gasteiger partial charge is 0.253 e. The van der Waals surface area contributed by atoms with Crippen molar-refractivity contribution in [3.63, 3.8) is 0 Å². The maximum atomic E-state index is 12.9. The van der Waals surface area contributed by atoms with E-state index in [-0.39, 0.29) is 10.1 Å². The molecular weight excluding hydrogens is 454 g/mol. The molecule has 2 aromatic heterocycles. The van der Waals surface area contributed by atoms with Gasteiger partial charge in [-0.15, -0.1) is 11.3 Å². The Morgan fingerprint density at radius 1 is 1.37 bits per heavy atom.